The van der Waals surface area contributed by atoms with Gasteiger partial charge in [-0.05, 0) is 13.8 Å². The molecule has 0 aliphatic rings. The number of benzene rings is 1. The molecule has 16 heavy (non-hydrogen) atoms. The van der Waals surface area contributed by atoms with E-state index in [1.54, 1.807) is 18.2 Å². The number of rotatable bonds is 5. The lowest BCUT2D eigenvalue weighted by atomic mass is 10.1. The summed E-state index contributed by atoms with van der Waals surface area (Å²) in [5, 5.41) is 2.73. The first-order valence-electron chi connectivity index (χ1n) is 5.30. The summed E-state index contributed by atoms with van der Waals surface area (Å²) in [5.74, 6) is -2.81. The van der Waals surface area contributed by atoms with Gasteiger partial charge in [0.25, 0.3) is 5.92 Å². The number of alkyl halides is 2. The van der Waals surface area contributed by atoms with E-state index in [0.29, 0.717) is 6.54 Å². The lowest BCUT2D eigenvalue weighted by Crippen LogP contribution is -2.30. The minimum atomic E-state index is -2.81. The van der Waals surface area contributed by atoms with Crippen LogP contribution in [0.15, 0.2) is 42.0 Å². The molecule has 0 saturated carbocycles. The van der Waals surface area contributed by atoms with Crippen LogP contribution in [0, 0.1) is 0 Å². The maximum atomic E-state index is 13.6. The Kier molecular flexibility index (Phi) is 4.62. The van der Waals surface area contributed by atoms with Crippen molar-refractivity contribution in [3.8, 4) is 0 Å². The molecule has 0 radical (unpaired) electrons. The van der Waals surface area contributed by atoms with Crippen LogP contribution in [0.5, 0.6) is 0 Å². The topological polar surface area (TPSA) is 12.0 Å². The number of hydrogen-bond acceptors (Lipinski definition) is 1. The number of halogens is 2. The Labute approximate surface area is 95.2 Å². The van der Waals surface area contributed by atoms with E-state index in [1.807, 2.05) is 19.9 Å². The van der Waals surface area contributed by atoms with Gasteiger partial charge in [-0.2, -0.15) is 8.78 Å². The molecular weight excluding hydrogens is 208 g/mol. The molecule has 0 aliphatic heterocycles. The highest BCUT2D eigenvalue weighted by molar-refractivity contribution is 5.20. The van der Waals surface area contributed by atoms with E-state index < -0.39 is 5.92 Å². The van der Waals surface area contributed by atoms with Crippen LogP contribution in [-0.2, 0) is 5.92 Å². The number of allylic oxidation sites excluding steroid dienone is 1. The Balaban J connectivity index is 2.50. The summed E-state index contributed by atoms with van der Waals surface area (Å²) in [6.07, 6.45) is 1.89. The molecule has 0 aliphatic carbocycles. The SMILES string of the molecule is CC(C)=CCNCC(F)(F)c1ccccc1. The van der Waals surface area contributed by atoms with Gasteiger partial charge in [0.2, 0.25) is 0 Å². The zero-order chi connectivity index (χ0) is 12.0. The molecule has 1 nitrogen and oxygen atoms in total. The zero-order valence-electron chi connectivity index (χ0n) is 9.63. The van der Waals surface area contributed by atoms with E-state index in [-0.39, 0.29) is 12.1 Å². The molecule has 1 aromatic rings. The Bertz CT molecular complexity index is 340. The average molecular weight is 225 g/mol. The highest BCUT2D eigenvalue weighted by Gasteiger charge is 2.30. The van der Waals surface area contributed by atoms with Crippen molar-refractivity contribution in [1.29, 1.82) is 0 Å². The van der Waals surface area contributed by atoms with E-state index in [9.17, 15) is 8.78 Å². The van der Waals surface area contributed by atoms with Gasteiger partial charge in [-0.15, -0.1) is 0 Å². The molecule has 0 bridgehead atoms. The van der Waals surface area contributed by atoms with E-state index in [0.717, 1.165) is 5.57 Å². The minimum absolute atomic E-state index is 0.0553. The molecule has 0 saturated heterocycles. The van der Waals surface area contributed by atoms with Crippen molar-refractivity contribution in [2.75, 3.05) is 13.1 Å². The predicted octanol–water partition coefficient (Wildman–Crippen LogP) is 3.33. The average Bonchev–Trinajstić information content (AvgIpc) is 2.26. The Hall–Kier alpha value is -1.22. The molecule has 0 spiro atoms. The third-order valence-corrected chi connectivity index (χ3v) is 2.20. The molecule has 1 N–H and O–H groups in total. The largest absolute Gasteiger partial charge is 0.307 e. The van der Waals surface area contributed by atoms with Crippen LogP contribution in [0.2, 0.25) is 0 Å². The molecule has 0 fully saturated rings. The van der Waals surface area contributed by atoms with E-state index >= 15 is 0 Å². The normalized spacial score (nSPS) is 11.2. The first kappa shape index (κ1) is 12.8. The fraction of sp³-hybridized carbons (Fsp3) is 0.385. The molecular formula is C13H17F2N. The summed E-state index contributed by atoms with van der Waals surface area (Å²) in [6, 6.07) is 7.88. The smallest absolute Gasteiger partial charge is 0.285 e. The standard InChI is InChI=1S/C13H17F2N/c1-11(2)8-9-16-10-13(14,15)12-6-4-3-5-7-12/h3-8,16H,9-10H2,1-2H3. The maximum Gasteiger partial charge on any atom is 0.285 e. The fourth-order valence-corrected chi connectivity index (χ4v) is 1.29. The molecule has 3 heteroatoms. The number of nitrogens with one attached hydrogen (secondary N) is 1. The van der Waals surface area contributed by atoms with Crippen molar-refractivity contribution in [2.24, 2.45) is 0 Å². The van der Waals surface area contributed by atoms with Crippen LogP contribution >= 0.6 is 0 Å². The monoisotopic (exact) mass is 225 g/mol. The summed E-state index contributed by atoms with van der Waals surface area (Å²) < 4.78 is 27.2. The molecule has 0 amide bonds. The molecule has 88 valence electrons. The molecule has 0 heterocycles. The van der Waals surface area contributed by atoms with Gasteiger partial charge < -0.3 is 5.32 Å². The first-order chi connectivity index (χ1) is 7.52. The Morgan fingerprint density at radius 2 is 1.88 bits per heavy atom. The summed E-state index contributed by atoms with van der Waals surface area (Å²) >= 11 is 0. The van der Waals surface area contributed by atoms with Gasteiger partial charge in [-0.25, -0.2) is 0 Å². The third-order valence-electron chi connectivity index (χ3n) is 2.20. The second-order valence-corrected chi connectivity index (χ2v) is 3.98. The second kappa shape index (κ2) is 5.75. The van der Waals surface area contributed by atoms with Crippen molar-refractivity contribution >= 4 is 0 Å². The lowest BCUT2D eigenvalue weighted by Gasteiger charge is -2.16. The van der Waals surface area contributed by atoms with Gasteiger partial charge in [-0.1, -0.05) is 42.0 Å². The zero-order valence-corrected chi connectivity index (χ0v) is 9.63. The van der Waals surface area contributed by atoms with Crippen LogP contribution in [0.3, 0.4) is 0 Å². The van der Waals surface area contributed by atoms with Gasteiger partial charge in [0, 0.05) is 12.1 Å². The van der Waals surface area contributed by atoms with Gasteiger partial charge >= 0.3 is 0 Å². The maximum absolute atomic E-state index is 13.6. The molecule has 1 aromatic carbocycles. The molecule has 0 unspecified atom stereocenters. The highest BCUT2D eigenvalue weighted by Crippen LogP contribution is 2.26. The van der Waals surface area contributed by atoms with Crippen molar-refractivity contribution in [3.05, 3.63) is 47.5 Å². The van der Waals surface area contributed by atoms with Crippen LogP contribution < -0.4 is 5.32 Å². The van der Waals surface area contributed by atoms with Crippen molar-refractivity contribution in [2.45, 2.75) is 19.8 Å². The van der Waals surface area contributed by atoms with Gasteiger partial charge in [0.05, 0.1) is 6.54 Å². The number of hydrogen-bond donors (Lipinski definition) is 1. The van der Waals surface area contributed by atoms with Crippen LogP contribution in [0.25, 0.3) is 0 Å². The lowest BCUT2D eigenvalue weighted by molar-refractivity contribution is -0.00221. The van der Waals surface area contributed by atoms with E-state index in [1.165, 1.54) is 12.1 Å². The van der Waals surface area contributed by atoms with Crippen molar-refractivity contribution < 1.29 is 8.78 Å². The molecule has 0 aromatic heterocycles. The Morgan fingerprint density at radius 3 is 2.44 bits per heavy atom. The summed E-state index contributed by atoms with van der Waals surface area (Å²) in [4.78, 5) is 0. The predicted molar refractivity (Wildman–Crippen MR) is 62.6 cm³/mol. The first-order valence-corrected chi connectivity index (χ1v) is 5.30. The third kappa shape index (κ3) is 4.11. The van der Waals surface area contributed by atoms with Crippen molar-refractivity contribution in [3.63, 3.8) is 0 Å². The minimum Gasteiger partial charge on any atom is -0.307 e. The van der Waals surface area contributed by atoms with E-state index in [2.05, 4.69) is 5.32 Å². The quantitative estimate of drug-likeness (QED) is 0.598. The van der Waals surface area contributed by atoms with Crippen molar-refractivity contribution in [1.82, 2.24) is 5.32 Å². The summed E-state index contributed by atoms with van der Waals surface area (Å²) in [7, 11) is 0. The summed E-state index contributed by atoms with van der Waals surface area (Å²) in [6.45, 7) is 4.03. The second-order valence-electron chi connectivity index (χ2n) is 3.98. The van der Waals surface area contributed by atoms with Gasteiger partial charge in [0.1, 0.15) is 0 Å². The summed E-state index contributed by atoms with van der Waals surface area (Å²) in [5.41, 5.74) is 1.18. The van der Waals surface area contributed by atoms with Gasteiger partial charge in [0.15, 0.2) is 0 Å². The molecule has 0 atom stereocenters. The molecule has 1 rings (SSSR count). The van der Waals surface area contributed by atoms with Crippen LogP contribution in [0.4, 0.5) is 8.78 Å². The van der Waals surface area contributed by atoms with E-state index in [4.69, 9.17) is 0 Å². The Morgan fingerprint density at radius 1 is 1.25 bits per heavy atom. The highest BCUT2D eigenvalue weighted by atomic mass is 19.3. The fourth-order valence-electron chi connectivity index (χ4n) is 1.29. The van der Waals surface area contributed by atoms with Crippen LogP contribution in [-0.4, -0.2) is 13.1 Å². The van der Waals surface area contributed by atoms with Gasteiger partial charge in [-0.3, -0.25) is 0 Å². The van der Waals surface area contributed by atoms with Crippen LogP contribution in [0.1, 0.15) is 19.4 Å².